The van der Waals surface area contributed by atoms with E-state index in [1.807, 2.05) is 48.5 Å². The van der Waals surface area contributed by atoms with Gasteiger partial charge in [0.1, 0.15) is 6.61 Å². The van der Waals surface area contributed by atoms with Crippen LogP contribution in [-0.2, 0) is 17.8 Å². The molecule has 2 nitrogen and oxygen atoms in total. The van der Waals surface area contributed by atoms with E-state index >= 15 is 0 Å². The van der Waals surface area contributed by atoms with Crippen LogP contribution in [0.15, 0.2) is 48.5 Å². The van der Waals surface area contributed by atoms with E-state index < -0.39 is 0 Å². The van der Waals surface area contributed by atoms with Gasteiger partial charge < -0.3 is 4.74 Å². The number of ether oxygens (including phenoxy) is 1. The quantitative estimate of drug-likeness (QED) is 0.693. The molecule has 0 heterocycles. The molecule has 0 unspecified atom stereocenters. The number of carbonyl (C=O) groups excluding carboxylic acids is 1. The first-order valence-corrected chi connectivity index (χ1v) is 7.51. The number of halogens is 1. The van der Waals surface area contributed by atoms with Crippen LogP contribution < -0.4 is 0 Å². The molecule has 3 heteroatoms. The summed E-state index contributed by atoms with van der Waals surface area (Å²) in [6.45, 7) is 2.55. The van der Waals surface area contributed by atoms with Crippen molar-refractivity contribution < 1.29 is 9.53 Å². The molecule has 0 aliphatic rings. The van der Waals surface area contributed by atoms with E-state index in [1.54, 1.807) is 0 Å². The third kappa shape index (κ3) is 4.69. The molecule has 2 aromatic rings. The molecule has 0 aliphatic heterocycles. The third-order valence-electron chi connectivity index (χ3n) is 3.26. The molecule has 2 rings (SSSR count). The molecule has 110 valence electrons. The molecule has 21 heavy (non-hydrogen) atoms. The fraction of sp³-hybridized carbons (Fsp3) is 0.278. The minimum Gasteiger partial charge on any atom is -0.369 e. The summed E-state index contributed by atoms with van der Waals surface area (Å²) >= 11 is 6.04. The van der Waals surface area contributed by atoms with Crippen molar-refractivity contribution >= 4 is 17.4 Å². The Kier molecular flexibility index (Phi) is 5.97. The Hall–Kier alpha value is -1.64. The van der Waals surface area contributed by atoms with E-state index in [0.717, 1.165) is 18.4 Å². The lowest BCUT2D eigenvalue weighted by Gasteiger charge is -2.06. The van der Waals surface area contributed by atoms with Gasteiger partial charge in [-0.15, -0.1) is 0 Å². The Morgan fingerprint density at radius 1 is 1.10 bits per heavy atom. The van der Waals surface area contributed by atoms with Crippen LogP contribution >= 0.6 is 11.6 Å². The van der Waals surface area contributed by atoms with Gasteiger partial charge in [0.05, 0.1) is 6.61 Å². The van der Waals surface area contributed by atoms with E-state index in [4.69, 9.17) is 16.3 Å². The van der Waals surface area contributed by atoms with Gasteiger partial charge in [0.2, 0.25) is 0 Å². The van der Waals surface area contributed by atoms with Crippen molar-refractivity contribution in [2.24, 2.45) is 0 Å². The predicted octanol–water partition coefficient (Wildman–Crippen LogP) is 4.69. The number of carbonyl (C=O) groups is 1. The van der Waals surface area contributed by atoms with Crippen molar-refractivity contribution in [2.75, 3.05) is 6.61 Å². The Balaban J connectivity index is 1.85. The Morgan fingerprint density at radius 2 is 1.81 bits per heavy atom. The zero-order valence-corrected chi connectivity index (χ0v) is 12.9. The number of hydrogen-bond acceptors (Lipinski definition) is 2. The van der Waals surface area contributed by atoms with Crippen LogP contribution in [0, 0.1) is 0 Å². The topological polar surface area (TPSA) is 26.3 Å². The van der Waals surface area contributed by atoms with Gasteiger partial charge in [0, 0.05) is 10.6 Å². The van der Waals surface area contributed by atoms with Crippen LogP contribution in [-0.4, -0.2) is 12.4 Å². The molecular formula is C18H19ClO2. The summed E-state index contributed by atoms with van der Waals surface area (Å²) in [6.07, 6.45) is 2.14. The van der Waals surface area contributed by atoms with Crippen molar-refractivity contribution in [3.8, 4) is 0 Å². The summed E-state index contributed by atoms with van der Waals surface area (Å²) in [7, 11) is 0. The monoisotopic (exact) mass is 302 g/mol. The smallest absolute Gasteiger partial charge is 0.188 e. The second-order valence-corrected chi connectivity index (χ2v) is 5.36. The van der Waals surface area contributed by atoms with E-state index in [0.29, 0.717) is 17.2 Å². The molecule has 0 saturated carbocycles. The number of Topliss-reactive ketones (excluding diaryl/α,β-unsaturated/α-hetero) is 1. The van der Waals surface area contributed by atoms with Crippen LogP contribution in [0.2, 0.25) is 5.02 Å². The fourth-order valence-corrected chi connectivity index (χ4v) is 2.29. The van der Waals surface area contributed by atoms with Gasteiger partial charge in [-0.05, 0) is 23.6 Å². The summed E-state index contributed by atoms with van der Waals surface area (Å²) in [6, 6.07) is 15.2. The van der Waals surface area contributed by atoms with Gasteiger partial charge in [-0.25, -0.2) is 0 Å². The number of benzene rings is 2. The predicted molar refractivity (Wildman–Crippen MR) is 85.9 cm³/mol. The highest BCUT2D eigenvalue weighted by atomic mass is 35.5. The maximum Gasteiger partial charge on any atom is 0.188 e. The highest BCUT2D eigenvalue weighted by Gasteiger charge is 2.07. The summed E-state index contributed by atoms with van der Waals surface area (Å²) in [5.74, 6) is -0.00916. The largest absolute Gasteiger partial charge is 0.369 e. The lowest BCUT2D eigenvalue weighted by Crippen LogP contribution is -2.09. The maximum absolute atomic E-state index is 12.0. The van der Waals surface area contributed by atoms with Gasteiger partial charge in [0.15, 0.2) is 5.78 Å². The highest BCUT2D eigenvalue weighted by molar-refractivity contribution is 6.31. The SMILES string of the molecule is CCCc1ccc(C(=O)COCc2ccccc2Cl)cc1. The van der Waals surface area contributed by atoms with Crippen molar-refractivity contribution in [3.63, 3.8) is 0 Å². The Morgan fingerprint density at radius 3 is 2.48 bits per heavy atom. The average molecular weight is 303 g/mol. The van der Waals surface area contributed by atoms with E-state index in [1.165, 1.54) is 5.56 Å². The molecule has 0 radical (unpaired) electrons. The fourth-order valence-electron chi connectivity index (χ4n) is 2.10. The van der Waals surface area contributed by atoms with E-state index in [9.17, 15) is 4.79 Å². The molecule has 0 amide bonds. The lowest BCUT2D eigenvalue weighted by molar-refractivity contribution is 0.0726. The minimum atomic E-state index is -0.00916. The average Bonchev–Trinajstić information content (AvgIpc) is 2.50. The Bertz CT molecular complexity index is 590. The van der Waals surface area contributed by atoms with Crippen LogP contribution in [0.25, 0.3) is 0 Å². The van der Waals surface area contributed by atoms with Crippen LogP contribution in [0.5, 0.6) is 0 Å². The molecule has 0 atom stereocenters. The summed E-state index contributed by atoms with van der Waals surface area (Å²) in [5, 5.41) is 0.661. The molecule has 0 N–H and O–H groups in total. The maximum atomic E-state index is 12.0. The molecule has 2 aromatic carbocycles. The van der Waals surface area contributed by atoms with Gasteiger partial charge in [-0.1, -0.05) is 67.4 Å². The summed E-state index contributed by atoms with van der Waals surface area (Å²) in [5.41, 5.74) is 2.84. The zero-order valence-electron chi connectivity index (χ0n) is 12.1. The molecular weight excluding hydrogens is 284 g/mol. The summed E-state index contributed by atoms with van der Waals surface area (Å²) < 4.78 is 5.46. The second kappa shape index (κ2) is 7.96. The summed E-state index contributed by atoms with van der Waals surface area (Å²) in [4.78, 5) is 12.0. The number of ketones is 1. The number of aryl methyl sites for hydroxylation is 1. The molecule has 0 spiro atoms. The zero-order chi connectivity index (χ0) is 15.1. The molecule has 0 fully saturated rings. The van der Waals surface area contributed by atoms with Gasteiger partial charge in [0.25, 0.3) is 0 Å². The standard InChI is InChI=1S/C18H19ClO2/c1-2-5-14-8-10-15(11-9-14)18(20)13-21-12-16-6-3-4-7-17(16)19/h3-4,6-11H,2,5,12-13H2,1H3. The van der Waals surface area contributed by atoms with Crippen molar-refractivity contribution in [1.82, 2.24) is 0 Å². The highest BCUT2D eigenvalue weighted by Crippen LogP contribution is 2.16. The number of rotatable bonds is 7. The van der Waals surface area contributed by atoms with Gasteiger partial charge >= 0.3 is 0 Å². The minimum absolute atomic E-state index is 0.00916. The van der Waals surface area contributed by atoms with E-state index in [2.05, 4.69) is 6.92 Å². The van der Waals surface area contributed by atoms with Crippen LogP contribution in [0.4, 0.5) is 0 Å². The number of hydrogen-bond donors (Lipinski definition) is 0. The van der Waals surface area contributed by atoms with Crippen LogP contribution in [0.1, 0.15) is 34.8 Å². The third-order valence-corrected chi connectivity index (χ3v) is 3.63. The molecule has 0 aliphatic carbocycles. The first-order valence-electron chi connectivity index (χ1n) is 7.14. The molecule has 0 aromatic heterocycles. The second-order valence-electron chi connectivity index (χ2n) is 4.95. The van der Waals surface area contributed by atoms with E-state index in [-0.39, 0.29) is 12.4 Å². The van der Waals surface area contributed by atoms with Crippen molar-refractivity contribution in [2.45, 2.75) is 26.4 Å². The van der Waals surface area contributed by atoms with Gasteiger partial charge in [-0.3, -0.25) is 4.79 Å². The Labute approximate surface area is 130 Å². The van der Waals surface area contributed by atoms with Crippen molar-refractivity contribution in [1.29, 1.82) is 0 Å². The first kappa shape index (κ1) is 15.7. The normalized spacial score (nSPS) is 10.6. The van der Waals surface area contributed by atoms with Gasteiger partial charge in [-0.2, -0.15) is 0 Å². The molecule has 0 saturated heterocycles. The van der Waals surface area contributed by atoms with Crippen LogP contribution in [0.3, 0.4) is 0 Å². The molecule has 0 bridgehead atoms. The van der Waals surface area contributed by atoms with Crippen molar-refractivity contribution in [3.05, 3.63) is 70.2 Å². The lowest BCUT2D eigenvalue weighted by atomic mass is 10.1. The first-order chi connectivity index (χ1) is 10.2.